The first-order valence-corrected chi connectivity index (χ1v) is 4.03. The van der Waals surface area contributed by atoms with Crippen LogP contribution in [-0.4, -0.2) is 7.05 Å². The van der Waals surface area contributed by atoms with Gasteiger partial charge in [0.2, 0.25) is 0 Å². The lowest BCUT2D eigenvalue weighted by Gasteiger charge is -2.13. The van der Waals surface area contributed by atoms with Crippen LogP contribution in [0.2, 0.25) is 0 Å². The maximum atomic E-state index is 3.01. The summed E-state index contributed by atoms with van der Waals surface area (Å²) in [4.78, 5) is 0. The highest BCUT2D eigenvalue weighted by molar-refractivity contribution is 5.02. The zero-order valence-corrected chi connectivity index (χ0v) is 6.61. The number of allylic oxidation sites excluding steroid dienone is 1. The normalized spacial score (nSPS) is 18.7. The van der Waals surface area contributed by atoms with Crippen molar-refractivity contribution in [3.8, 4) is 0 Å². The number of rotatable bonds is 2. The third-order valence-corrected chi connectivity index (χ3v) is 1.92. The van der Waals surface area contributed by atoms with Crippen LogP contribution < -0.4 is 10.9 Å². The van der Waals surface area contributed by atoms with Crippen molar-refractivity contribution in [1.82, 2.24) is 10.9 Å². The quantitative estimate of drug-likeness (QED) is 0.569. The molecular weight excluding hydrogens is 124 g/mol. The molecule has 0 amide bonds. The van der Waals surface area contributed by atoms with E-state index in [2.05, 4.69) is 17.1 Å². The second kappa shape index (κ2) is 4.34. The standard InChI is InChI=1S/C8H16N2/c1-9-10-7-8-5-3-2-4-6-8/h7,9-10H,2-6H2,1H3. The van der Waals surface area contributed by atoms with Crippen molar-refractivity contribution in [2.24, 2.45) is 0 Å². The SMILES string of the molecule is CNNC=C1CCCCC1. The van der Waals surface area contributed by atoms with Gasteiger partial charge in [0.25, 0.3) is 0 Å². The van der Waals surface area contributed by atoms with Gasteiger partial charge in [-0.25, -0.2) is 5.43 Å². The summed E-state index contributed by atoms with van der Waals surface area (Å²) >= 11 is 0. The monoisotopic (exact) mass is 140 g/mol. The molecule has 0 radical (unpaired) electrons. The molecule has 10 heavy (non-hydrogen) atoms. The summed E-state index contributed by atoms with van der Waals surface area (Å²) in [5.41, 5.74) is 7.45. The van der Waals surface area contributed by atoms with Gasteiger partial charge in [0, 0.05) is 13.2 Å². The molecule has 0 aliphatic heterocycles. The maximum absolute atomic E-state index is 3.01. The highest BCUT2D eigenvalue weighted by Gasteiger charge is 2.03. The zero-order valence-electron chi connectivity index (χ0n) is 6.61. The van der Waals surface area contributed by atoms with Crippen LogP contribution in [0.4, 0.5) is 0 Å². The predicted molar refractivity (Wildman–Crippen MR) is 43.4 cm³/mol. The molecule has 0 aromatic rings. The van der Waals surface area contributed by atoms with Gasteiger partial charge in [0.15, 0.2) is 0 Å². The van der Waals surface area contributed by atoms with E-state index in [-0.39, 0.29) is 0 Å². The van der Waals surface area contributed by atoms with E-state index in [4.69, 9.17) is 0 Å². The fourth-order valence-electron chi connectivity index (χ4n) is 1.32. The van der Waals surface area contributed by atoms with Gasteiger partial charge in [-0.3, -0.25) is 0 Å². The molecule has 1 saturated carbocycles. The van der Waals surface area contributed by atoms with Gasteiger partial charge in [0.1, 0.15) is 0 Å². The summed E-state index contributed by atoms with van der Waals surface area (Å²) in [5.74, 6) is 0. The maximum Gasteiger partial charge on any atom is 0.0117 e. The van der Waals surface area contributed by atoms with Gasteiger partial charge < -0.3 is 5.43 Å². The summed E-state index contributed by atoms with van der Waals surface area (Å²) in [5, 5.41) is 0. The van der Waals surface area contributed by atoms with E-state index in [9.17, 15) is 0 Å². The van der Waals surface area contributed by atoms with Crippen LogP contribution in [0.3, 0.4) is 0 Å². The Bertz CT molecular complexity index is 110. The van der Waals surface area contributed by atoms with E-state index >= 15 is 0 Å². The van der Waals surface area contributed by atoms with E-state index < -0.39 is 0 Å². The molecule has 2 N–H and O–H groups in total. The molecule has 1 rings (SSSR count). The van der Waals surface area contributed by atoms with Gasteiger partial charge in [-0.05, 0) is 25.7 Å². The van der Waals surface area contributed by atoms with E-state index in [1.165, 1.54) is 32.1 Å². The Hall–Kier alpha value is -0.500. The molecule has 2 nitrogen and oxygen atoms in total. The fourth-order valence-corrected chi connectivity index (χ4v) is 1.32. The third kappa shape index (κ3) is 2.40. The van der Waals surface area contributed by atoms with Crippen molar-refractivity contribution in [3.05, 3.63) is 11.8 Å². The molecule has 1 fully saturated rings. The average Bonchev–Trinajstić information content (AvgIpc) is 2.03. The lowest BCUT2D eigenvalue weighted by molar-refractivity contribution is 0.587. The van der Waals surface area contributed by atoms with Crippen LogP contribution in [0.25, 0.3) is 0 Å². The van der Waals surface area contributed by atoms with Gasteiger partial charge in [-0.2, -0.15) is 0 Å². The molecule has 0 bridgehead atoms. The van der Waals surface area contributed by atoms with Crippen LogP contribution in [0.1, 0.15) is 32.1 Å². The average molecular weight is 140 g/mol. The molecule has 0 unspecified atom stereocenters. The summed E-state index contributed by atoms with van der Waals surface area (Å²) in [6, 6.07) is 0. The molecule has 0 aromatic heterocycles. The van der Waals surface area contributed by atoms with Crippen molar-refractivity contribution >= 4 is 0 Å². The summed E-state index contributed by atoms with van der Waals surface area (Å²) in [6.45, 7) is 0. The van der Waals surface area contributed by atoms with Crippen LogP contribution >= 0.6 is 0 Å². The lowest BCUT2D eigenvalue weighted by atomic mass is 9.96. The largest absolute Gasteiger partial charge is 0.329 e. The van der Waals surface area contributed by atoms with E-state index in [1.54, 1.807) is 5.57 Å². The molecule has 0 saturated heterocycles. The van der Waals surface area contributed by atoms with Crippen LogP contribution in [0, 0.1) is 0 Å². The van der Waals surface area contributed by atoms with Gasteiger partial charge in [0.05, 0.1) is 0 Å². The molecule has 2 heteroatoms. The molecule has 0 spiro atoms. The van der Waals surface area contributed by atoms with E-state index in [1.807, 2.05) is 7.05 Å². The fraction of sp³-hybridized carbons (Fsp3) is 0.750. The molecular formula is C8H16N2. The second-order valence-corrected chi connectivity index (χ2v) is 2.76. The third-order valence-electron chi connectivity index (χ3n) is 1.92. The summed E-state index contributed by atoms with van der Waals surface area (Å²) in [7, 11) is 1.89. The highest BCUT2D eigenvalue weighted by atomic mass is 15.3. The Morgan fingerprint density at radius 2 is 1.90 bits per heavy atom. The number of hydrogen-bond acceptors (Lipinski definition) is 2. The number of nitrogens with one attached hydrogen (secondary N) is 2. The van der Waals surface area contributed by atoms with Gasteiger partial charge in [-0.1, -0.05) is 12.0 Å². The minimum Gasteiger partial charge on any atom is -0.329 e. The Balaban J connectivity index is 2.23. The lowest BCUT2D eigenvalue weighted by Crippen LogP contribution is -2.21. The predicted octanol–water partition coefficient (Wildman–Crippen LogP) is 1.56. The second-order valence-electron chi connectivity index (χ2n) is 2.76. The summed E-state index contributed by atoms with van der Waals surface area (Å²) in [6.07, 6.45) is 8.83. The number of hydrazine groups is 1. The topological polar surface area (TPSA) is 24.1 Å². The zero-order chi connectivity index (χ0) is 7.23. The van der Waals surface area contributed by atoms with Crippen molar-refractivity contribution in [1.29, 1.82) is 0 Å². The smallest absolute Gasteiger partial charge is 0.0117 e. The Kier molecular flexibility index (Phi) is 3.30. The van der Waals surface area contributed by atoms with Crippen molar-refractivity contribution in [3.63, 3.8) is 0 Å². The molecule has 1 aliphatic carbocycles. The molecule has 0 heterocycles. The molecule has 0 atom stereocenters. The van der Waals surface area contributed by atoms with Crippen LogP contribution in [-0.2, 0) is 0 Å². The Morgan fingerprint density at radius 1 is 1.20 bits per heavy atom. The van der Waals surface area contributed by atoms with Crippen molar-refractivity contribution in [2.75, 3.05) is 7.05 Å². The minimum atomic E-state index is 1.29. The minimum absolute atomic E-state index is 1.29. The first-order valence-electron chi connectivity index (χ1n) is 4.03. The molecule has 58 valence electrons. The first-order chi connectivity index (χ1) is 4.93. The van der Waals surface area contributed by atoms with Crippen molar-refractivity contribution in [2.45, 2.75) is 32.1 Å². The first kappa shape index (κ1) is 7.61. The van der Waals surface area contributed by atoms with Crippen LogP contribution in [0.15, 0.2) is 11.8 Å². The van der Waals surface area contributed by atoms with Crippen LogP contribution in [0.5, 0.6) is 0 Å². The summed E-state index contributed by atoms with van der Waals surface area (Å²) < 4.78 is 0. The number of hydrogen-bond donors (Lipinski definition) is 2. The van der Waals surface area contributed by atoms with Gasteiger partial charge in [-0.15, -0.1) is 0 Å². The molecule has 0 aromatic carbocycles. The Morgan fingerprint density at radius 3 is 2.50 bits per heavy atom. The Labute approximate surface area is 62.7 Å². The van der Waals surface area contributed by atoms with Crippen molar-refractivity contribution < 1.29 is 0 Å². The van der Waals surface area contributed by atoms with E-state index in [0.29, 0.717) is 0 Å². The van der Waals surface area contributed by atoms with E-state index in [0.717, 1.165) is 0 Å². The molecule has 1 aliphatic rings. The van der Waals surface area contributed by atoms with Gasteiger partial charge >= 0.3 is 0 Å². The highest BCUT2D eigenvalue weighted by Crippen LogP contribution is 2.21.